The normalized spacial score (nSPS) is 14.3. The predicted octanol–water partition coefficient (Wildman–Crippen LogP) is 2.21. The maximum Gasteiger partial charge on any atom is 0.237 e. The van der Waals surface area contributed by atoms with Gasteiger partial charge in [-0.15, -0.1) is 0 Å². The summed E-state index contributed by atoms with van der Waals surface area (Å²) in [6.07, 6.45) is 2.77. The predicted molar refractivity (Wildman–Crippen MR) is 55.3 cm³/mol. The Kier molecular flexibility index (Phi) is 2.40. The molecule has 1 aromatic heterocycles. The molecule has 0 bridgehead atoms. The van der Waals surface area contributed by atoms with E-state index in [4.69, 9.17) is 4.74 Å². The minimum absolute atomic E-state index is 0.699. The van der Waals surface area contributed by atoms with Gasteiger partial charge >= 0.3 is 0 Å². The van der Waals surface area contributed by atoms with Crippen molar-refractivity contribution in [1.82, 2.24) is 4.98 Å². The van der Waals surface area contributed by atoms with Gasteiger partial charge in [0.25, 0.3) is 0 Å². The molecule has 0 amide bonds. The minimum Gasteiger partial charge on any atom is -0.474 e. The molecule has 0 unspecified atom stereocenters. The molecule has 0 radical (unpaired) electrons. The smallest absolute Gasteiger partial charge is 0.237 e. The zero-order valence-corrected chi connectivity index (χ0v) is 9.02. The van der Waals surface area contributed by atoms with Crippen LogP contribution in [0.2, 0.25) is 0 Å². The van der Waals surface area contributed by atoms with Crippen LogP contribution >= 0.6 is 15.9 Å². The molecule has 1 aliphatic rings. The third-order valence-electron chi connectivity index (χ3n) is 2.10. The number of halogens is 1. The SMILES string of the molecule is CCc1c(Br)cnc2c1NCCO2. The standard InChI is InChI=1S/C9H11BrN2O/c1-2-6-7(10)5-12-9-8(6)11-3-4-13-9/h5,11H,2-4H2,1H3. The Balaban J connectivity index is 2.52. The van der Waals surface area contributed by atoms with Crippen molar-refractivity contribution >= 4 is 21.6 Å². The number of pyridine rings is 1. The average molecular weight is 243 g/mol. The summed E-state index contributed by atoms with van der Waals surface area (Å²) >= 11 is 3.48. The molecule has 0 aliphatic carbocycles. The largest absolute Gasteiger partial charge is 0.474 e. The summed E-state index contributed by atoms with van der Waals surface area (Å²) in [5, 5.41) is 3.31. The lowest BCUT2D eigenvalue weighted by molar-refractivity contribution is 0.310. The van der Waals surface area contributed by atoms with Crippen LogP contribution in [0.5, 0.6) is 5.88 Å². The molecule has 0 atom stereocenters. The van der Waals surface area contributed by atoms with E-state index in [0.717, 1.165) is 29.0 Å². The summed E-state index contributed by atoms with van der Waals surface area (Å²) in [6, 6.07) is 0. The molecule has 0 fully saturated rings. The Morgan fingerprint density at radius 1 is 1.69 bits per heavy atom. The van der Waals surface area contributed by atoms with Crippen molar-refractivity contribution < 1.29 is 4.74 Å². The van der Waals surface area contributed by atoms with Crippen molar-refractivity contribution in [3.05, 3.63) is 16.2 Å². The first-order chi connectivity index (χ1) is 6.33. The molecule has 0 aromatic carbocycles. The highest BCUT2D eigenvalue weighted by Gasteiger charge is 2.16. The van der Waals surface area contributed by atoms with Gasteiger partial charge in [-0.25, -0.2) is 4.98 Å². The van der Waals surface area contributed by atoms with Crippen LogP contribution in [0, 0.1) is 0 Å². The molecule has 1 N–H and O–H groups in total. The van der Waals surface area contributed by atoms with Crippen molar-refractivity contribution in [2.24, 2.45) is 0 Å². The number of nitrogens with one attached hydrogen (secondary N) is 1. The van der Waals surface area contributed by atoms with Gasteiger partial charge in [0.2, 0.25) is 5.88 Å². The molecule has 70 valence electrons. The lowest BCUT2D eigenvalue weighted by Gasteiger charge is -2.21. The minimum atomic E-state index is 0.699. The van der Waals surface area contributed by atoms with Crippen LogP contribution in [0.15, 0.2) is 10.7 Å². The summed E-state index contributed by atoms with van der Waals surface area (Å²) < 4.78 is 6.47. The number of aromatic nitrogens is 1. The first-order valence-electron chi connectivity index (χ1n) is 4.37. The van der Waals surface area contributed by atoms with Crippen LogP contribution in [0.3, 0.4) is 0 Å². The molecule has 4 heteroatoms. The second kappa shape index (κ2) is 3.54. The van der Waals surface area contributed by atoms with E-state index in [0.29, 0.717) is 6.61 Å². The number of nitrogens with zero attached hydrogens (tertiary/aromatic N) is 1. The lowest BCUT2D eigenvalue weighted by Crippen LogP contribution is -2.20. The van der Waals surface area contributed by atoms with Gasteiger partial charge in [-0.1, -0.05) is 6.92 Å². The number of hydrogen-bond donors (Lipinski definition) is 1. The van der Waals surface area contributed by atoms with Gasteiger partial charge in [-0.05, 0) is 27.9 Å². The van der Waals surface area contributed by atoms with Crippen LogP contribution in [0.1, 0.15) is 12.5 Å². The first kappa shape index (κ1) is 8.81. The van der Waals surface area contributed by atoms with E-state index in [-0.39, 0.29) is 0 Å². The van der Waals surface area contributed by atoms with Crippen molar-refractivity contribution in [1.29, 1.82) is 0 Å². The van der Waals surface area contributed by atoms with Crippen molar-refractivity contribution in [2.75, 3.05) is 18.5 Å². The van der Waals surface area contributed by atoms with Crippen molar-refractivity contribution in [3.8, 4) is 5.88 Å². The van der Waals surface area contributed by atoms with Crippen LogP contribution in [-0.2, 0) is 6.42 Å². The Morgan fingerprint density at radius 2 is 2.54 bits per heavy atom. The van der Waals surface area contributed by atoms with Gasteiger partial charge in [0.15, 0.2) is 0 Å². The van der Waals surface area contributed by atoms with Crippen LogP contribution in [0.25, 0.3) is 0 Å². The number of anilines is 1. The molecule has 0 saturated heterocycles. The van der Waals surface area contributed by atoms with Gasteiger partial charge in [-0.2, -0.15) is 0 Å². The molecule has 1 aromatic rings. The van der Waals surface area contributed by atoms with E-state index in [2.05, 4.69) is 33.2 Å². The van der Waals surface area contributed by atoms with Crippen LogP contribution < -0.4 is 10.1 Å². The van der Waals surface area contributed by atoms with Crippen LogP contribution in [0.4, 0.5) is 5.69 Å². The molecule has 3 nitrogen and oxygen atoms in total. The molecular weight excluding hydrogens is 232 g/mol. The van der Waals surface area contributed by atoms with E-state index in [1.54, 1.807) is 6.20 Å². The molecular formula is C9H11BrN2O. The molecule has 0 saturated carbocycles. The zero-order chi connectivity index (χ0) is 9.26. The molecule has 2 heterocycles. The highest BCUT2D eigenvalue weighted by Crippen LogP contribution is 2.33. The van der Waals surface area contributed by atoms with E-state index in [1.807, 2.05) is 0 Å². The second-order valence-electron chi connectivity index (χ2n) is 2.89. The van der Waals surface area contributed by atoms with Gasteiger partial charge in [0, 0.05) is 17.2 Å². The summed E-state index contributed by atoms with van der Waals surface area (Å²) in [6.45, 7) is 3.68. The maximum atomic E-state index is 5.43. The quantitative estimate of drug-likeness (QED) is 0.821. The third kappa shape index (κ3) is 1.50. The van der Waals surface area contributed by atoms with Gasteiger partial charge < -0.3 is 10.1 Å². The summed E-state index contributed by atoms with van der Waals surface area (Å²) in [5.41, 5.74) is 2.29. The Bertz CT molecular complexity index is 328. The number of ether oxygens (including phenoxy) is 1. The maximum absolute atomic E-state index is 5.43. The zero-order valence-electron chi connectivity index (χ0n) is 7.43. The monoisotopic (exact) mass is 242 g/mol. The topological polar surface area (TPSA) is 34.2 Å². The van der Waals surface area contributed by atoms with Gasteiger partial charge in [-0.3, -0.25) is 0 Å². The number of fused-ring (bicyclic) bond motifs is 1. The van der Waals surface area contributed by atoms with E-state index in [9.17, 15) is 0 Å². The highest BCUT2D eigenvalue weighted by molar-refractivity contribution is 9.10. The molecule has 1 aliphatic heterocycles. The first-order valence-corrected chi connectivity index (χ1v) is 5.16. The number of hydrogen-bond acceptors (Lipinski definition) is 3. The number of rotatable bonds is 1. The van der Waals surface area contributed by atoms with Crippen molar-refractivity contribution in [3.63, 3.8) is 0 Å². The van der Waals surface area contributed by atoms with E-state index in [1.165, 1.54) is 5.56 Å². The van der Waals surface area contributed by atoms with E-state index >= 15 is 0 Å². The van der Waals surface area contributed by atoms with Gasteiger partial charge in [0.05, 0.1) is 0 Å². The fourth-order valence-electron chi connectivity index (χ4n) is 1.47. The molecule has 13 heavy (non-hydrogen) atoms. The fraction of sp³-hybridized carbons (Fsp3) is 0.444. The average Bonchev–Trinajstić information content (AvgIpc) is 2.18. The summed E-state index contributed by atoms with van der Waals surface area (Å²) in [7, 11) is 0. The fourth-order valence-corrected chi connectivity index (χ4v) is 2.05. The summed E-state index contributed by atoms with van der Waals surface area (Å²) in [4.78, 5) is 4.20. The second-order valence-corrected chi connectivity index (χ2v) is 3.75. The molecule has 2 rings (SSSR count). The van der Waals surface area contributed by atoms with Crippen LogP contribution in [-0.4, -0.2) is 18.1 Å². The Hall–Kier alpha value is -0.770. The third-order valence-corrected chi connectivity index (χ3v) is 2.78. The van der Waals surface area contributed by atoms with Gasteiger partial charge in [0.1, 0.15) is 12.3 Å². The Labute approximate surface area is 85.6 Å². The lowest BCUT2D eigenvalue weighted by atomic mass is 10.1. The molecule has 0 spiro atoms. The summed E-state index contributed by atoms with van der Waals surface area (Å²) in [5.74, 6) is 0.728. The van der Waals surface area contributed by atoms with E-state index < -0.39 is 0 Å². The van der Waals surface area contributed by atoms with Crippen molar-refractivity contribution in [2.45, 2.75) is 13.3 Å². The Morgan fingerprint density at radius 3 is 3.31 bits per heavy atom. The highest BCUT2D eigenvalue weighted by atomic mass is 79.9.